The first-order valence-electron chi connectivity index (χ1n) is 4.74. The van der Waals surface area contributed by atoms with Crippen LogP contribution in [0.2, 0.25) is 10.2 Å². The van der Waals surface area contributed by atoms with Crippen LogP contribution < -0.4 is 4.74 Å². The van der Waals surface area contributed by atoms with E-state index < -0.39 is 0 Å². The summed E-state index contributed by atoms with van der Waals surface area (Å²) in [6, 6.07) is 11.1. The van der Waals surface area contributed by atoms with Crippen molar-refractivity contribution in [2.45, 2.75) is 6.61 Å². The van der Waals surface area contributed by atoms with E-state index in [1.807, 2.05) is 24.3 Å². The molecule has 0 unspecified atom stereocenters. The molecule has 0 fully saturated rings. The maximum Gasteiger partial charge on any atom is 0.171 e. The fourth-order valence-corrected chi connectivity index (χ4v) is 1.61. The molecule has 82 valence electrons. The van der Waals surface area contributed by atoms with Crippen LogP contribution in [-0.4, -0.2) is 4.98 Å². The first-order chi connectivity index (χ1) is 7.77. The molecule has 2 rings (SSSR count). The summed E-state index contributed by atoms with van der Waals surface area (Å²) in [7, 11) is 0. The molecule has 1 aromatic carbocycles. The van der Waals surface area contributed by atoms with Gasteiger partial charge in [0.25, 0.3) is 0 Å². The van der Waals surface area contributed by atoms with Gasteiger partial charge in [0, 0.05) is 16.8 Å². The molecule has 2 nitrogen and oxygen atoms in total. The highest BCUT2D eigenvalue weighted by atomic mass is 35.5. The van der Waals surface area contributed by atoms with Gasteiger partial charge in [0.2, 0.25) is 0 Å². The van der Waals surface area contributed by atoms with Gasteiger partial charge in [-0.15, -0.1) is 0 Å². The fraction of sp³-hybridized carbons (Fsp3) is 0.0833. The van der Waals surface area contributed by atoms with E-state index in [1.54, 1.807) is 18.3 Å². The van der Waals surface area contributed by atoms with Crippen molar-refractivity contribution in [2.24, 2.45) is 0 Å². The molecular formula is C12H9Cl2NO. The Kier molecular flexibility index (Phi) is 3.65. The molecule has 0 aliphatic carbocycles. The first kappa shape index (κ1) is 11.2. The van der Waals surface area contributed by atoms with Gasteiger partial charge >= 0.3 is 0 Å². The minimum absolute atomic E-state index is 0.356. The lowest BCUT2D eigenvalue weighted by molar-refractivity contribution is 0.305. The summed E-state index contributed by atoms with van der Waals surface area (Å²) in [4.78, 5) is 3.92. The van der Waals surface area contributed by atoms with Crippen LogP contribution in [0.1, 0.15) is 5.56 Å². The lowest BCUT2D eigenvalue weighted by Crippen LogP contribution is -1.97. The Balaban J connectivity index is 2.09. The number of benzene rings is 1. The highest BCUT2D eigenvalue weighted by molar-refractivity contribution is 6.31. The predicted molar refractivity (Wildman–Crippen MR) is 65.0 cm³/mol. The molecule has 0 atom stereocenters. The third kappa shape index (κ3) is 2.65. The Morgan fingerprint density at radius 1 is 1.06 bits per heavy atom. The van der Waals surface area contributed by atoms with Crippen molar-refractivity contribution in [1.29, 1.82) is 0 Å². The molecule has 0 bridgehead atoms. The molecule has 1 heterocycles. The molecule has 0 radical (unpaired) electrons. The summed E-state index contributed by atoms with van der Waals surface area (Å²) in [5, 5.41) is 1.04. The Morgan fingerprint density at radius 2 is 1.88 bits per heavy atom. The van der Waals surface area contributed by atoms with Gasteiger partial charge in [0.1, 0.15) is 6.61 Å². The average molecular weight is 254 g/mol. The van der Waals surface area contributed by atoms with Crippen LogP contribution in [0.15, 0.2) is 42.6 Å². The molecule has 0 aliphatic heterocycles. The van der Waals surface area contributed by atoms with E-state index in [0.717, 1.165) is 5.56 Å². The molecule has 0 amide bonds. The molecule has 0 N–H and O–H groups in total. The predicted octanol–water partition coefficient (Wildman–Crippen LogP) is 3.97. The average Bonchev–Trinajstić information content (AvgIpc) is 2.30. The molecule has 4 heteroatoms. The Hall–Kier alpha value is -1.25. The molecular weight excluding hydrogens is 245 g/mol. The zero-order valence-corrected chi connectivity index (χ0v) is 9.87. The van der Waals surface area contributed by atoms with Gasteiger partial charge < -0.3 is 4.74 Å². The lowest BCUT2D eigenvalue weighted by Gasteiger charge is -2.08. The second-order valence-electron chi connectivity index (χ2n) is 3.17. The number of ether oxygens (including phenoxy) is 1. The van der Waals surface area contributed by atoms with Gasteiger partial charge in [-0.25, -0.2) is 4.98 Å². The van der Waals surface area contributed by atoms with Gasteiger partial charge in [0.05, 0.1) is 0 Å². The number of nitrogens with zero attached hydrogens (tertiary/aromatic N) is 1. The highest BCUT2D eigenvalue weighted by Gasteiger charge is 2.03. The number of pyridine rings is 1. The number of halogens is 2. The zero-order chi connectivity index (χ0) is 11.4. The summed E-state index contributed by atoms with van der Waals surface area (Å²) < 4.78 is 5.52. The monoisotopic (exact) mass is 253 g/mol. The van der Waals surface area contributed by atoms with Gasteiger partial charge in [-0.3, -0.25) is 0 Å². The molecule has 2 aromatic rings. The summed E-state index contributed by atoms with van der Waals surface area (Å²) >= 11 is 11.9. The van der Waals surface area contributed by atoms with Crippen molar-refractivity contribution in [1.82, 2.24) is 4.98 Å². The van der Waals surface area contributed by atoms with Crippen LogP contribution in [0.4, 0.5) is 0 Å². The van der Waals surface area contributed by atoms with Crippen LogP contribution >= 0.6 is 23.2 Å². The van der Waals surface area contributed by atoms with Crippen LogP contribution in [0.3, 0.4) is 0 Å². The van der Waals surface area contributed by atoms with Crippen LogP contribution in [0.5, 0.6) is 5.75 Å². The normalized spacial score (nSPS) is 10.1. The Labute approximate surface area is 104 Å². The SMILES string of the molecule is Clc1ccccc1COc1cccnc1Cl. The first-order valence-corrected chi connectivity index (χ1v) is 5.49. The number of hydrogen-bond donors (Lipinski definition) is 0. The molecule has 0 spiro atoms. The molecule has 0 aliphatic rings. The summed E-state index contributed by atoms with van der Waals surface area (Å²) in [5.74, 6) is 0.559. The van der Waals surface area contributed by atoms with Crippen LogP contribution in [0, 0.1) is 0 Å². The topological polar surface area (TPSA) is 22.1 Å². The summed E-state index contributed by atoms with van der Waals surface area (Å²) in [6.07, 6.45) is 1.62. The minimum atomic E-state index is 0.356. The van der Waals surface area contributed by atoms with Gasteiger partial charge in [0.15, 0.2) is 10.9 Å². The van der Waals surface area contributed by atoms with E-state index in [-0.39, 0.29) is 0 Å². The maximum atomic E-state index is 6.00. The third-order valence-electron chi connectivity index (χ3n) is 2.07. The second kappa shape index (κ2) is 5.19. The smallest absolute Gasteiger partial charge is 0.171 e. The van der Waals surface area contributed by atoms with Crippen molar-refractivity contribution < 1.29 is 4.74 Å². The van der Waals surface area contributed by atoms with E-state index in [1.165, 1.54) is 0 Å². The maximum absolute atomic E-state index is 6.00. The van der Waals surface area contributed by atoms with E-state index in [2.05, 4.69) is 4.98 Å². The van der Waals surface area contributed by atoms with Crippen LogP contribution in [-0.2, 0) is 6.61 Å². The standard InChI is InChI=1S/C12H9Cl2NO/c13-10-5-2-1-4-9(10)8-16-11-6-3-7-15-12(11)14/h1-7H,8H2. The number of aromatic nitrogens is 1. The molecule has 0 saturated carbocycles. The number of hydrogen-bond acceptors (Lipinski definition) is 2. The Bertz CT molecular complexity index is 442. The zero-order valence-electron chi connectivity index (χ0n) is 8.36. The summed E-state index contributed by atoms with van der Waals surface area (Å²) in [5.41, 5.74) is 0.920. The Morgan fingerprint density at radius 3 is 2.62 bits per heavy atom. The largest absolute Gasteiger partial charge is 0.486 e. The van der Waals surface area contributed by atoms with Crippen molar-refractivity contribution in [3.05, 3.63) is 58.3 Å². The van der Waals surface area contributed by atoms with Crippen molar-refractivity contribution in [2.75, 3.05) is 0 Å². The van der Waals surface area contributed by atoms with E-state index in [4.69, 9.17) is 27.9 Å². The quantitative estimate of drug-likeness (QED) is 0.773. The molecule has 1 aromatic heterocycles. The number of rotatable bonds is 3. The third-order valence-corrected chi connectivity index (χ3v) is 2.72. The van der Waals surface area contributed by atoms with Crippen molar-refractivity contribution in [3.63, 3.8) is 0 Å². The van der Waals surface area contributed by atoms with E-state index in [0.29, 0.717) is 22.5 Å². The lowest BCUT2D eigenvalue weighted by atomic mass is 10.2. The highest BCUT2D eigenvalue weighted by Crippen LogP contribution is 2.23. The second-order valence-corrected chi connectivity index (χ2v) is 3.94. The van der Waals surface area contributed by atoms with Gasteiger partial charge in [-0.05, 0) is 18.2 Å². The van der Waals surface area contributed by atoms with E-state index >= 15 is 0 Å². The van der Waals surface area contributed by atoms with Gasteiger partial charge in [-0.2, -0.15) is 0 Å². The van der Waals surface area contributed by atoms with Gasteiger partial charge in [-0.1, -0.05) is 41.4 Å². The van der Waals surface area contributed by atoms with Crippen LogP contribution in [0.25, 0.3) is 0 Å². The van der Waals surface area contributed by atoms with Crippen molar-refractivity contribution >= 4 is 23.2 Å². The fourth-order valence-electron chi connectivity index (χ4n) is 1.25. The van der Waals surface area contributed by atoms with Crippen molar-refractivity contribution in [3.8, 4) is 5.75 Å². The van der Waals surface area contributed by atoms with E-state index in [9.17, 15) is 0 Å². The molecule has 16 heavy (non-hydrogen) atoms. The molecule has 0 saturated heterocycles. The summed E-state index contributed by atoms with van der Waals surface area (Å²) in [6.45, 7) is 0.380. The minimum Gasteiger partial charge on any atom is -0.486 e.